The van der Waals surface area contributed by atoms with Crippen molar-refractivity contribution in [3.05, 3.63) is 92.3 Å². The molecule has 0 saturated heterocycles. The van der Waals surface area contributed by atoms with Gasteiger partial charge in [-0.15, -0.1) is 21.5 Å². The zero-order valence-electron chi connectivity index (χ0n) is 20.1. The molecule has 0 bridgehead atoms. The van der Waals surface area contributed by atoms with E-state index in [1.807, 2.05) is 55.5 Å². The topological polar surface area (TPSA) is 72.2 Å². The van der Waals surface area contributed by atoms with E-state index in [0.29, 0.717) is 10.8 Å². The largest absolute Gasteiger partial charge is 0.326 e. The van der Waals surface area contributed by atoms with Crippen molar-refractivity contribution >= 4 is 40.2 Å². The summed E-state index contributed by atoms with van der Waals surface area (Å²) in [5, 5.41) is 13.5. The van der Waals surface area contributed by atoms with E-state index in [-0.39, 0.29) is 12.3 Å². The first kappa shape index (κ1) is 23.5. The van der Waals surface area contributed by atoms with Gasteiger partial charge in [-0.25, -0.2) is 0 Å². The van der Waals surface area contributed by atoms with Crippen LogP contribution in [0, 0.1) is 20.8 Å². The van der Waals surface area contributed by atoms with Crippen molar-refractivity contribution in [1.82, 2.24) is 14.8 Å². The predicted molar refractivity (Wildman–Crippen MR) is 142 cm³/mol. The molecule has 178 valence electrons. The molecule has 5 rings (SSSR count). The van der Waals surface area contributed by atoms with E-state index < -0.39 is 6.04 Å². The molecule has 2 aromatic carbocycles. The highest BCUT2D eigenvalue weighted by Crippen LogP contribution is 2.39. The number of halogens is 1. The Balaban J connectivity index is 1.58. The Morgan fingerprint density at radius 3 is 2.46 bits per heavy atom. The Bertz CT molecular complexity index is 1430. The van der Waals surface area contributed by atoms with Gasteiger partial charge in [-0.1, -0.05) is 42.8 Å². The zero-order valence-corrected chi connectivity index (χ0v) is 21.7. The van der Waals surface area contributed by atoms with E-state index in [2.05, 4.69) is 40.9 Å². The summed E-state index contributed by atoms with van der Waals surface area (Å²) in [6.45, 7) is 8.27. The molecule has 1 amide bonds. The van der Waals surface area contributed by atoms with E-state index in [1.165, 1.54) is 16.0 Å². The average molecular weight is 504 g/mol. The molecule has 0 radical (unpaired) electrons. The molecule has 0 aliphatic carbocycles. The molecule has 0 spiro atoms. The van der Waals surface area contributed by atoms with Gasteiger partial charge in [0.05, 0.1) is 12.1 Å². The van der Waals surface area contributed by atoms with Crippen molar-refractivity contribution in [1.29, 1.82) is 0 Å². The van der Waals surface area contributed by atoms with Crippen LogP contribution >= 0.6 is 22.9 Å². The number of hydrogen-bond donors (Lipinski definition) is 1. The van der Waals surface area contributed by atoms with Gasteiger partial charge in [0, 0.05) is 26.7 Å². The van der Waals surface area contributed by atoms with Crippen LogP contribution in [-0.2, 0) is 11.2 Å². The lowest BCUT2D eigenvalue weighted by Gasteiger charge is -2.13. The van der Waals surface area contributed by atoms with E-state index in [1.54, 1.807) is 11.3 Å². The Morgan fingerprint density at radius 2 is 1.77 bits per heavy atom. The quantitative estimate of drug-likeness (QED) is 0.343. The Hall–Kier alpha value is -3.29. The number of nitrogens with zero attached hydrogens (tertiary/aromatic N) is 4. The van der Waals surface area contributed by atoms with Crippen molar-refractivity contribution in [2.24, 2.45) is 4.99 Å². The lowest BCUT2D eigenvalue weighted by Crippen LogP contribution is -2.17. The van der Waals surface area contributed by atoms with Gasteiger partial charge in [0.1, 0.15) is 16.9 Å². The van der Waals surface area contributed by atoms with Gasteiger partial charge < -0.3 is 5.32 Å². The van der Waals surface area contributed by atoms with Crippen molar-refractivity contribution in [2.75, 3.05) is 5.32 Å². The van der Waals surface area contributed by atoms with Gasteiger partial charge in [-0.05, 0) is 62.6 Å². The number of carbonyl (C=O) groups is 1. The Morgan fingerprint density at radius 1 is 1.06 bits per heavy atom. The molecule has 3 heterocycles. The van der Waals surface area contributed by atoms with Gasteiger partial charge in [-0.2, -0.15) is 0 Å². The van der Waals surface area contributed by atoms with Crippen LogP contribution in [0.4, 0.5) is 5.69 Å². The van der Waals surface area contributed by atoms with Crippen LogP contribution < -0.4 is 5.32 Å². The highest BCUT2D eigenvalue weighted by Gasteiger charge is 2.32. The molecule has 1 aliphatic heterocycles. The molecule has 0 saturated carbocycles. The number of hydrogen-bond acceptors (Lipinski definition) is 5. The number of rotatable bonds is 5. The lowest BCUT2D eigenvalue weighted by atomic mass is 9.99. The summed E-state index contributed by atoms with van der Waals surface area (Å²) in [5.41, 5.74) is 6.01. The number of anilines is 1. The summed E-state index contributed by atoms with van der Waals surface area (Å²) in [6, 6.07) is 15.1. The number of thiophene rings is 1. The third kappa shape index (κ3) is 4.42. The molecule has 8 heteroatoms. The maximum atomic E-state index is 13.1. The third-order valence-electron chi connectivity index (χ3n) is 6.38. The summed E-state index contributed by atoms with van der Waals surface area (Å²) in [7, 11) is 0. The van der Waals surface area contributed by atoms with E-state index in [0.717, 1.165) is 39.8 Å². The molecular weight excluding hydrogens is 478 g/mol. The first-order chi connectivity index (χ1) is 16.9. The van der Waals surface area contributed by atoms with Gasteiger partial charge in [-0.3, -0.25) is 14.4 Å². The second kappa shape index (κ2) is 9.40. The number of fused-ring (bicyclic) bond motifs is 3. The number of amides is 1. The second-order valence-electron chi connectivity index (χ2n) is 8.71. The van der Waals surface area contributed by atoms with Gasteiger partial charge in [0.2, 0.25) is 5.91 Å². The van der Waals surface area contributed by atoms with Crippen LogP contribution in [0.25, 0.3) is 5.00 Å². The summed E-state index contributed by atoms with van der Waals surface area (Å²) in [5.74, 6) is 1.32. The van der Waals surface area contributed by atoms with Crippen molar-refractivity contribution in [3.63, 3.8) is 0 Å². The van der Waals surface area contributed by atoms with Crippen LogP contribution in [0.15, 0.2) is 53.5 Å². The van der Waals surface area contributed by atoms with Crippen molar-refractivity contribution in [3.8, 4) is 5.00 Å². The summed E-state index contributed by atoms with van der Waals surface area (Å²) < 4.78 is 2.06. The van der Waals surface area contributed by atoms with E-state index in [9.17, 15) is 4.79 Å². The molecule has 1 unspecified atom stereocenters. The number of aryl methyl sites for hydroxylation is 3. The average Bonchev–Trinajstić information content (AvgIpc) is 3.32. The summed E-state index contributed by atoms with van der Waals surface area (Å²) in [4.78, 5) is 19.5. The first-order valence-corrected chi connectivity index (χ1v) is 12.8. The standard InChI is InChI=1S/C27H26ClN5OS/c1-5-18-6-12-21(13-7-18)29-23(34)14-22-26-32-31-17(4)33(26)27-24(15(2)16(3)35-27)25(30-22)19-8-10-20(28)11-9-19/h6-13,22H,5,14H2,1-4H3,(H,29,34). The molecule has 6 nitrogen and oxygen atoms in total. The van der Waals surface area contributed by atoms with Crippen LogP contribution in [0.1, 0.15) is 58.2 Å². The maximum absolute atomic E-state index is 13.1. The molecule has 35 heavy (non-hydrogen) atoms. The Kier molecular flexibility index (Phi) is 6.30. The second-order valence-corrected chi connectivity index (χ2v) is 10.3. The van der Waals surface area contributed by atoms with E-state index >= 15 is 0 Å². The molecule has 2 aromatic heterocycles. The van der Waals surface area contributed by atoms with Crippen molar-refractivity contribution < 1.29 is 4.79 Å². The zero-order chi connectivity index (χ0) is 24.7. The normalized spacial score (nSPS) is 14.7. The number of nitrogens with one attached hydrogen (secondary N) is 1. The molecule has 4 aromatic rings. The smallest absolute Gasteiger partial charge is 0.227 e. The monoisotopic (exact) mass is 503 g/mol. The minimum Gasteiger partial charge on any atom is -0.326 e. The maximum Gasteiger partial charge on any atom is 0.227 e. The SMILES string of the molecule is CCc1ccc(NC(=O)CC2N=C(c3ccc(Cl)cc3)c3c(sc(C)c3C)-n3c(C)nnc32)cc1. The lowest BCUT2D eigenvalue weighted by molar-refractivity contribution is -0.116. The minimum atomic E-state index is -0.490. The van der Waals surface area contributed by atoms with Gasteiger partial charge in [0.15, 0.2) is 5.82 Å². The molecule has 0 fully saturated rings. The van der Waals surface area contributed by atoms with E-state index in [4.69, 9.17) is 16.6 Å². The first-order valence-electron chi connectivity index (χ1n) is 11.6. The van der Waals surface area contributed by atoms with Crippen molar-refractivity contribution in [2.45, 2.75) is 46.6 Å². The highest BCUT2D eigenvalue weighted by atomic mass is 35.5. The summed E-state index contributed by atoms with van der Waals surface area (Å²) in [6.07, 6.45) is 1.11. The Labute approximate surface area is 213 Å². The molecule has 1 N–H and O–H groups in total. The van der Waals surface area contributed by atoms with Gasteiger partial charge >= 0.3 is 0 Å². The fourth-order valence-corrected chi connectivity index (χ4v) is 5.68. The number of carbonyl (C=O) groups excluding carboxylic acids is 1. The number of aliphatic imine (C=N–C) groups is 1. The number of benzene rings is 2. The number of aromatic nitrogens is 3. The molecule has 1 atom stereocenters. The van der Waals surface area contributed by atoms with Crippen LogP contribution in [0.5, 0.6) is 0 Å². The van der Waals surface area contributed by atoms with Crippen LogP contribution in [-0.4, -0.2) is 26.4 Å². The van der Waals surface area contributed by atoms with Crippen LogP contribution in [0.2, 0.25) is 5.02 Å². The highest BCUT2D eigenvalue weighted by molar-refractivity contribution is 7.15. The molecular formula is C27H26ClN5OS. The van der Waals surface area contributed by atoms with Gasteiger partial charge in [0.25, 0.3) is 0 Å². The van der Waals surface area contributed by atoms with Crippen LogP contribution in [0.3, 0.4) is 0 Å². The minimum absolute atomic E-state index is 0.121. The third-order valence-corrected chi connectivity index (χ3v) is 7.83. The predicted octanol–water partition coefficient (Wildman–Crippen LogP) is 6.39. The fraction of sp³-hybridized carbons (Fsp3) is 0.259. The molecule has 1 aliphatic rings. The fourth-order valence-electron chi connectivity index (χ4n) is 4.34. The summed E-state index contributed by atoms with van der Waals surface area (Å²) >= 11 is 7.87.